The van der Waals surface area contributed by atoms with Gasteiger partial charge >= 0.3 is 0 Å². The van der Waals surface area contributed by atoms with Gasteiger partial charge in [-0.15, -0.1) is 0 Å². The lowest BCUT2D eigenvalue weighted by Gasteiger charge is -2.00. The summed E-state index contributed by atoms with van der Waals surface area (Å²) in [5, 5.41) is 25.9. The second kappa shape index (κ2) is 3.55. The number of hydrogen-bond donors (Lipinski definition) is 1. The Morgan fingerprint density at radius 3 is 2.62 bits per heavy atom. The SMILES string of the molecule is N#CCc1cc(O)c(C#N)cc1F. The predicted octanol–water partition coefficient (Wildman–Crippen LogP) is 1.47. The molecule has 0 saturated heterocycles. The first-order valence-electron chi connectivity index (χ1n) is 3.47. The van der Waals surface area contributed by atoms with Crippen molar-refractivity contribution < 1.29 is 9.50 Å². The van der Waals surface area contributed by atoms with Gasteiger partial charge in [-0.05, 0) is 12.1 Å². The van der Waals surface area contributed by atoms with Crippen LogP contribution in [-0.2, 0) is 6.42 Å². The fourth-order valence-corrected chi connectivity index (χ4v) is 0.915. The van der Waals surface area contributed by atoms with E-state index in [4.69, 9.17) is 15.6 Å². The minimum Gasteiger partial charge on any atom is -0.507 e. The third kappa shape index (κ3) is 1.74. The Balaban J connectivity index is 3.24. The molecule has 0 radical (unpaired) electrons. The zero-order valence-electron chi connectivity index (χ0n) is 6.58. The highest BCUT2D eigenvalue weighted by atomic mass is 19.1. The van der Waals surface area contributed by atoms with E-state index in [9.17, 15) is 4.39 Å². The molecule has 1 aromatic carbocycles. The Labute approximate surface area is 74.3 Å². The molecule has 0 aliphatic carbocycles. The number of nitrogens with zero attached hydrogens (tertiary/aromatic N) is 2. The van der Waals surface area contributed by atoms with Gasteiger partial charge in [0.1, 0.15) is 17.6 Å². The van der Waals surface area contributed by atoms with Gasteiger partial charge in [0.25, 0.3) is 0 Å². The fraction of sp³-hybridized carbons (Fsp3) is 0.111. The number of phenolic OH excluding ortho intramolecular Hbond substituents is 1. The van der Waals surface area contributed by atoms with Crippen LogP contribution >= 0.6 is 0 Å². The number of aromatic hydroxyl groups is 1. The average molecular weight is 176 g/mol. The molecule has 3 nitrogen and oxygen atoms in total. The van der Waals surface area contributed by atoms with Crippen LogP contribution in [0.3, 0.4) is 0 Å². The summed E-state index contributed by atoms with van der Waals surface area (Å²) in [5.74, 6) is -0.940. The molecule has 0 bridgehead atoms. The lowest BCUT2D eigenvalue weighted by Crippen LogP contribution is -1.90. The highest BCUT2D eigenvalue weighted by molar-refractivity contribution is 5.45. The molecule has 1 aromatic rings. The maximum absolute atomic E-state index is 13.0. The number of nitriles is 2. The van der Waals surface area contributed by atoms with Gasteiger partial charge in [-0.25, -0.2) is 4.39 Å². The molecule has 0 fully saturated rings. The molecule has 0 saturated carbocycles. The normalized spacial score (nSPS) is 8.85. The van der Waals surface area contributed by atoms with Crippen molar-refractivity contribution in [3.63, 3.8) is 0 Å². The van der Waals surface area contributed by atoms with Gasteiger partial charge in [0.15, 0.2) is 0 Å². The van der Waals surface area contributed by atoms with Gasteiger partial charge in [0.05, 0.1) is 18.1 Å². The summed E-state index contributed by atoms with van der Waals surface area (Å²) in [6, 6.07) is 5.40. The fourth-order valence-electron chi connectivity index (χ4n) is 0.915. The molecule has 1 rings (SSSR count). The van der Waals surface area contributed by atoms with E-state index in [-0.39, 0.29) is 23.3 Å². The molecule has 0 aromatic heterocycles. The van der Waals surface area contributed by atoms with Crippen molar-refractivity contribution >= 4 is 0 Å². The summed E-state index contributed by atoms with van der Waals surface area (Å²) in [6.45, 7) is 0. The van der Waals surface area contributed by atoms with Crippen LogP contribution in [0.2, 0.25) is 0 Å². The first-order valence-corrected chi connectivity index (χ1v) is 3.47. The summed E-state index contributed by atoms with van der Waals surface area (Å²) in [5.41, 5.74) is -0.0295. The molecule has 4 heteroatoms. The Morgan fingerprint density at radius 2 is 2.08 bits per heavy atom. The molecule has 0 amide bonds. The smallest absolute Gasteiger partial charge is 0.133 e. The first kappa shape index (κ1) is 9.02. The lowest BCUT2D eigenvalue weighted by atomic mass is 10.1. The maximum atomic E-state index is 13.0. The van der Waals surface area contributed by atoms with E-state index in [1.807, 2.05) is 0 Å². The van der Waals surface area contributed by atoms with Crippen molar-refractivity contribution in [2.24, 2.45) is 0 Å². The summed E-state index contributed by atoms with van der Waals surface area (Å²) in [4.78, 5) is 0. The van der Waals surface area contributed by atoms with Crippen LogP contribution in [0, 0.1) is 28.5 Å². The maximum Gasteiger partial charge on any atom is 0.133 e. The third-order valence-corrected chi connectivity index (χ3v) is 1.55. The first-order chi connectivity index (χ1) is 6.19. The van der Waals surface area contributed by atoms with Gasteiger partial charge in [-0.1, -0.05) is 0 Å². The van der Waals surface area contributed by atoms with Gasteiger partial charge in [0.2, 0.25) is 0 Å². The van der Waals surface area contributed by atoms with Crippen molar-refractivity contribution in [1.29, 1.82) is 10.5 Å². The van der Waals surface area contributed by atoms with E-state index >= 15 is 0 Å². The van der Waals surface area contributed by atoms with Gasteiger partial charge in [0, 0.05) is 5.56 Å². The van der Waals surface area contributed by atoms with E-state index in [2.05, 4.69) is 0 Å². The molecule has 0 unspecified atom stereocenters. The summed E-state index contributed by atoms with van der Waals surface area (Å²) in [7, 11) is 0. The number of hydrogen-bond acceptors (Lipinski definition) is 3. The minimum absolute atomic E-state index is 0.0963. The monoisotopic (exact) mass is 176 g/mol. The van der Waals surface area contributed by atoms with Crippen LogP contribution in [0.25, 0.3) is 0 Å². The van der Waals surface area contributed by atoms with Crippen molar-refractivity contribution in [2.45, 2.75) is 6.42 Å². The van der Waals surface area contributed by atoms with Crippen molar-refractivity contribution in [2.75, 3.05) is 0 Å². The largest absolute Gasteiger partial charge is 0.507 e. The zero-order valence-corrected chi connectivity index (χ0v) is 6.58. The van der Waals surface area contributed by atoms with E-state index in [0.717, 1.165) is 12.1 Å². The molecule has 1 N–H and O–H groups in total. The van der Waals surface area contributed by atoms with E-state index in [0.29, 0.717) is 0 Å². The van der Waals surface area contributed by atoms with Crippen LogP contribution in [0.5, 0.6) is 5.75 Å². The molecule has 64 valence electrons. The van der Waals surface area contributed by atoms with Crippen LogP contribution in [-0.4, -0.2) is 5.11 Å². The van der Waals surface area contributed by atoms with Crippen LogP contribution in [0.1, 0.15) is 11.1 Å². The number of rotatable bonds is 1. The molecule has 0 aliphatic heterocycles. The Hall–Kier alpha value is -2.07. The van der Waals surface area contributed by atoms with Crippen LogP contribution in [0.15, 0.2) is 12.1 Å². The van der Waals surface area contributed by atoms with Crippen molar-refractivity contribution in [1.82, 2.24) is 0 Å². The molecular weight excluding hydrogens is 171 g/mol. The summed E-state index contributed by atoms with van der Waals surface area (Å²) < 4.78 is 13.0. The van der Waals surface area contributed by atoms with Crippen molar-refractivity contribution in [3.05, 3.63) is 29.1 Å². The molecule has 0 heterocycles. The summed E-state index contributed by atoms with van der Waals surface area (Å²) >= 11 is 0. The van der Waals surface area contributed by atoms with Gasteiger partial charge in [-0.3, -0.25) is 0 Å². The lowest BCUT2D eigenvalue weighted by molar-refractivity contribution is 0.470. The second-order valence-electron chi connectivity index (χ2n) is 2.41. The molecule has 0 atom stereocenters. The van der Waals surface area contributed by atoms with Gasteiger partial charge < -0.3 is 5.11 Å². The van der Waals surface area contributed by atoms with Gasteiger partial charge in [-0.2, -0.15) is 10.5 Å². The number of benzene rings is 1. The number of phenols is 1. The Kier molecular flexibility index (Phi) is 2.47. The quantitative estimate of drug-likeness (QED) is 0.704. The summed E-state index contributed by atoms with van der Waals surface area (Å²) in [6.07, 6.45) is -0.120. The molecule has 13 heavy (non-hydrogen) atoms. The third-order valence-electron chi connectivity index (χ3n) is 1.55. The van der Waals surface area contributed by atoms with E-state index < -0.39 is 5.82 Å². The highest BCUT2D eigenvalue weighted by Gasteiger charge is 2.07. The number of halogens is 1. The zero-order chi connectivity index (χ0) is 9.84. The van der Waals surface area contributed by atoms with E-state index in [1.165, 1.54) is 0 Å². The topological polar surface area (TPSA) is 67.8 Å². The molecule has 0 aliphatic rings. The van der Waals surface area contributed by atoms with E-state index in [1.54, 1.807) is 12.1 Å². The average Bonchev–Trinajstić information content (AvgIpc) is 2.11. The Morgan fingerprint density at radius 1 is 1.38 bits per heavy atom. The predicted molar refractivity (Wildman–Crippen MR) is 42.1 cm³/mol. The van der Waals surface area contributed by atoms with Crippen LogP contribution < -0.4 is 0 Å². The van der Waals surface area contributed by atoms with Crippen molar-refractivity contribution in [3.8, 4) is 17.9 Å². The Bertz CT molecular complexity index is 415. The molecule has 0 spiro atoms. The van der Waals surface area contributed by atoms with Crippen LogP contribution in [0.4, 0.5) is 4.39 Å². The minimum atomic E-state index is -0.643. The highest BCUT2D eigenvalue weighted by Crippen LogP contribution is 2.21. The second-order valence-corrected chi connectivity index (χ2v) is 2.41. The molecular formula is C9H5FN2O. The standard InChI is InChI=1S/C9H5FN2O/c10-8-3-7(5-12)9(13)4-6(8)1-2-11/h3-4,13H,1H2.